The number of thiol groups is 1. The summed E-state index contributed by atoms with van der Waals surface area (Å²) >= 11 is 4.18. The van der Waals surface area contributed by atoms with Crippen LogP contribution in [0.1, 0.15) is 50.2 Å². The van der Waals surface area contributed by atoms with Gasteiger partial charge in [-0.25, -0.2) is 0 Å². The van der Waals surface area contributed by atoms with Gasteiger partial charge < -0.3 is 9.74 Å². The fourth-order valence-corrected chi connectivity index (χ4v) is 4.42. The Kier molecular flexibility index (Phi) is 10.2. The number of benzene rings is 2. The lowest BCUT2D eigenvalue weighted by atomic mass is 9.88. The van der Waals surface area contributed by atoms with Crippen molar-refractivity contribution in [2.75, 3.05) is 25.4 Å². The molecule has 0 radical (unpaired) electrons. The van der Waals surface area contributed by atoms with Crippen molar-refractivity contribution in [2.24, 2.45) is 0 Å². The van der Waals surface area contributed by atoms with Crippen LogP contribution in [-0.2, 0) is 14.4 Å². The summed E-state index contributed by atoms with van der Waals surface area (Å²) in [5, 5.41) is 0. The van der Waals surface area contributed by atoms with E-state index < -0.39 is 6.04 Å². The molecule has 0 aliphatic carbocycles. The maximum absolute atomic E-state index is 12.2. The molecule has 0 bridgehead atoms. The number of rotatable bonds is 11. The van der Waals surface area contributed by atoms with E-state index in [-0.39, 0.29) is 18.2 Å². The van der Waals surface area contributed by atoms with Crippen LogP contribution in [0.25, 0.3) is 5.57 Å². The van der Waals surface area contributed by atoms with E-state index in [1.807, 2.05) is 19.1 Å². The molecule has 1 saturated heterocycles. The van der Waals surface area contributed by atoms with Crippen molar-refractivity contribution < 1.29 is 14.4 Å². The standard InChI is InChI=1S/C27H34N2O3S/c1-2-9-25(30)24(20-33)28-32-26(31)16-19-29-17-14-23(15-18-29)27(21-10-5-3-6-11-21)22-12-7-4-8-13-22/h3-8,10-13,24,28,33H,2,9,14-20H2,1H3/t24-/m0/s1. The van der Waals surface area contributed by atoms with Crippen LogP contribution < -0.4 is 5.48 Å². The second-order valence-corrected chi connectivity index (χ2v) is 8.71. The molecular weight excluding hydrogens is 432 g/mol. The second kappa shape index (κ2) is 13.3. The van der Waals surface area contributed by atoms with Gasteiger partial charge in [0.25, 0.3) is 0 Å². The van der Waals surface area contributed by atoms with Gasteiger partial charge in [-0.2, -0.15) is 12.6 Å². The molecule has 33 heavy (non-hydrogen) atoms. The van der Waals surface area contributed by atoms with Gasteiger partial charge in [-0.15, -0.1) is 5.48 Å². The molecule has 6 heteroatoms. The highest BCUT2D eigenvalue weighted by Gasteiger charge is 2.21. The van der Waals surface area contributed by atoms with Crippen LogP contribution in [0.4, 0.5) is 0 Å². The van der Waals surface area contributed by atoms with Crippen LogP contribution in [0, 0.1) is 0 Å². The first-order valence-corrected chi connectivity index (χ1v) is 12.4. The number of nitrogens with zero attached hydrogens (tertiary/aromatic N) is 1. The van der Waals surface area contributed by atoms with Crippen LogP contribution in [0.3, 0.4) is 0 Å². The highest BCUT2D eigenvalue weighted by Crippen LogP contribution is 2.32. The van der Waals surface area contributed by atoms with Gasteiger partial charge in [-0.1, -0.05) is 73.2 Å². The van der Waals surface area contributed by atoms with Crippen LogP contribution >= 0.6 is 12.6 Å². The highest BCUT2D eigenvalue weighted by atomic mass is 32.1. The summed E-state index contributed by atoms with van der Waals surface area (Å²) < 4.78 is 0. The molecule has 176 valence electrons. The SMILES string of the molecule is CCCC(=O)[C@H](CS)NOC(=O)CCN1CCC(=C(c2ccccc2)c2ccccc2)CC1. The van der Waals surface area contributed by atoms with Crippen molar-refractivity contribution in [2.45, 2.75) is 45.1 Å². The van der Waals surface area contributed by atoms with Gasteiger partial charge in [0.15, 0.2) is 5.78 Å². The third-order valence-electron chi connectivity index (χ3n) is 5.95. The Morgan fingerprint density at radius 3 is 2.06 bits per heavy atom. The van der Waals surface area contributed by atoms with Crippen molar-refractivity contribution >= 4 is 30.0 Å². The smallest absolute Gasteiger partial charge is 0.326 e. The number of ketones is 1. The lowest BCUT2D eigenvalue weighted by Crippen LogP contribution is -2.40. The zero-order chi connectivity index (χ0) is 23.5. The number of carbonyl (C=O) groups excluding carboxylic acids is 2. The predicted molar refractivity (Wildman–Crippen MR) is 136 cm³/mol. The maximum atomic E-state index is 12.2. The molecule has 1 fully saturated rings. The van der Waals surface area contributed by atoms with Crippen LogP contribution in [0.15, 0.2) is 66.2 Å². The van der Waals surface area contributed by atoms with Gasteiger partial charge in [0.1, 0.15) is 6.04 Å². The van der Waals surface area contributed by atoms with E-state index in [0.717, 1.165) is 32.4 Å². The summed E-state index contributed by atoms with van der Waals surface area (Å²) in [4.78, 5) is 31.6. The van der Waals surface area contributed by atoms with Gasteiger partial charge in [-0.05, 0) is 36.0 Å². The van der Waals surface area contributed by atoms with E-state index in [4.69, 9.17) is 4.84 Å². The molecule has 1 aliphatic rings. The summed E-state index contributed by atoms with van der Waals surface area (Å²) in [5.41, 5.74) is 7.88. The van der Waals surface area contributed by atoms with Gasteiger partial charge in [0.2, 0.25) is 0 Å². The quantitative estimate of drug-likeness (QED) is 0.372. The minimum Gasteiger partial charge on any atom is -0.370 e. The molecule has 0 unspecified atom stereocenters. The van der Waals surface area contributed by atoms with Crippen LogP contribution in [-0.4, -0.2) is 48.1 Å². The molecule has 3 rings (SSSR count). The molecule has 0 spiro atoms. The van der Waals surface area contributed by atoms with E-state index in [1.54, 1.807) is 0 Å². The Balaban J connectivity index is 1.54. The number of hydroxylamine groups is 1. The summed E-state index contributed by atoms with van der Waals surface area (Å²) in [6.45, 7) is 4.41. The molecular formula is C27H34N2O3S. The molecule has 2 aromatic rings. The molecule has 0 amide bonds. The van der Waals surface area contributed by atoms with Crippen molar-refractivity contribution in [3.05, 3.63) is 77.4 Å². The van der Waals surface area contributed by atoms with E-state index >= 15 is 0 Å². The minimum absolute atomic E-state index is 0.0169. The number of carbonyl (C=O) groups is 2. The Morgan fingerprint density at radius 1 is 0.970 bits per heavy atom. The number of hydrogen-bond donors (Lipinski definition) is 2. The molecule has 0 saturated carbocycles. The fourth-order valence-electron chi connectivity index (χ4n) is 4.14. The lowest BCUT2D eigenvalue weighted by Gasteiger charge is -2.30. The molecule has 1 aliphatic heterocycles. The predicted octanol–water partition coefficient (Wildman–Crippen LogP) is 4.69. The van der Waals surface area contributed by atoms with Crippen molar-refractivity contribution in [3.8, 4) is 0 Å². The topological polar surface area (TPSA) is 58.6 Å². The van der Waals surface area contributed by atoms with Crippen LogP contribution in [0.2, 0.25) is 0 Å². The average molecular weight is 467 g/mol. The lowest BCUT2D eigenvalue weighted by molar-refractivity contribution is -0.154. The highest BCUT2D eigenvalue weighted by molar-refractivity contribution is 7.80. The molecule has 1 heterocycles. The number of piperidine rings is 1. The van der Waals surface area contributed by atoms with E-state index in [2.05, 4.69) is 71.5 Å². The fraction of sp³-hybridized carbons (Fsp3) is 0.407. The number of hydrogen-bond acceptors (Lipinski definition) is 6. The summed E-state index contributed by atoms with van der Waals surface area (Å²) in [6.07, 6.45) is 3.45. The maximum Gasteiger partial charge on any atom is 0.326 e. The van der Waals surface area contributed by atoms with Crippen molar-refractivity contribution in [1.82, 2.24) is 10.4 Å². The van der Waals surface area contributed by atoms with E-state index in [9.17, 15) is 9.59 Å². The third-order valence-corrected chi connectivity index (χ3v) is 6.32. The molecule has 5 nitrogen and oxygen atoms in total. The number of nitrogens with one attached hydrogen (secondary N) is 1. The molecule has 2 aromatic carbocycles. The number of Topliss-reactive ketones (excluding diaryl/α,β-unsaturated/α-hetero) is 1. The Labute approximate surface area is 202 Å². The number of likely N-dealkylation sites (tertiary alicyclic amines) is 1. The normalized spacial score (nSPS) is 15.2. The molecule has 1 N–H and O–H groups in total. The third kappa shape index (κ3) is 7.56. The van der Waals surface area contributed by atoms with Gasteiger partial charge >= 0.3 is 5.97 Å². The largest absolute Gasteiger partial charge is 0.370 e. The zero-order valence-corrected chi connectivity index (χ0v) is 20.2. The average Bonchev–Trinajstić information content (AvgIpc) is 2.85. The first kappa shape index (κ1) is 25.2. The van der Waals surface area contributed by atoms with E-state index in [1.165, 1.54) is 22.3 Å². The van der Waals surface area contributed by atoms with Crippen molar-refractivity contribution in [3.63, 3.8) is 0 Å². The molecule has 1 atom stereocenters. The molecule has 0 aromatic heterocycles. The Morgan fingerprint density at radius 2 is 1.55 bits per heavy atom. The van der Waals surface area contributed by atoms with Crippen molar-refractivity contribution in [1.29, 1.82) is 0 Å². The van der Waals surface area contributed by atoms with Gasteiger partial charge in [-0.3, -0.25) is 9.59 Å². The second-order valence-electron chi connectivity index (χ2n) is 8.35. The monoisotopic (exact) mass is 466 g/mol. The first-order valence-electron chi connectivity index (χ1n) is 11.8. The Hall–Kier alpha value is -2.41. The Bertz CT molecular complexity index is 879. The van der Waals surface area contributed by atoms with Gasteiger partial charge in [0.05, 0.1) is 6.42 Å². The minimum atomic E-state index is -0.547. The van der Waals surface area contributed by atoms with Gasteiger partial charge in [0, 0.05) is 31.8 Å². The zero-order valence-electron chi connectivity index (χ0n) is 19.3. The summed E-state index contributed by atoms with van der Waals surface area (Å²) in [6, 6.07) is 20.6. The van der Waals surface area contributed by atoms with E-state index in [0.29, 0.717) is 18.7 Å². The summed E-state index contributed by atoms with van der Waals surface area (Å²) in [5.74, 6) is -0.0247. The first-order chi connectivity index (χ1) is 16.1. The van der Waals surface area contributed by atoms with Crippen LogP contribution in [0.5, 0.6) is 0 Å². The summed E-state index contributed by atoms with van der Waals surface area (Å²) in [7, 11) is 0.